The summed E-state index contributed by atoms with van der Waals surface area (Å²) in [6.45, 7) is 4.87. The molecule has 1 saturated heterocycles. The molecule has 0 spiro atoms. The zero-order valence-electron chi connectivity index (χ0n) is 13.6. The van der Waals surface area contributed by atoms with Gasteiger partial charge in [0.05, 0.1) is 33.3 Å². The average Bonchev–Trinajstić information content (AvgIpc) is 2.63. The van der Waals surface area contributed by atoms with Crippen LogP contribution in [0.15, 0.2) is 54.6 Å². The van der Waals surface area contributed by atoms with Crippen LogP contribution in [0.3, 0.4) is 0 Å². The molecule has 0 radical (unpaired) electrons. The number of anilines is 1. The Bertz CT molecular complexity index is 610. The standard InChI is InChI=1S/C19H24N2O2/c1-23-18-9-5-8-17(14-18)21-12-10-20(11-13-21)15-19(22)16-6-3-2-4-7-16/h2-9,14,19,22H,10-13,15H2,1H3/p+1/t19-/m0/s1. The molecule has 2 aromatic carbocycles. The number of nitrogens with zero attached hydrogens (tertiary/aromatic N) is 1. The van der Waals surface area contributed by atoms with Crippen LogP contribution in [0.5, 0.6) is 5.75 Å². The zero-order chi connectivity index (χ0) is 16.1. The van der Waals surface area contributed by atoms with Crippen molar-refractivity contribution < 1.29 is 14.7 Å². The van der Waals surface area contributed by atoms with Crippen LogP contribution in [0.2, 0.25) is 0 Å². The minimum absolute atomic E-state index is 0.380. The van der Waals surface area contributed by atoms with Crippen molar-refractivity contribution in [3.63, 3.8) is 0 Å². The van der Waals surface area contributed by atoms with Gasteiger partial charge in [0.1, 0.15) is 18.4 Å². The second kappa shape index (κ2) is 7.49. The molecule has 1 aliphatic rings. The highest BCUT2D eigenvalue weighted by Gasteiger charge is 2.23. The SMILES string of the molecule is COc1cccc(N2CC[NH+](C[C@H](O)c3ccccc3)CC2)c1. The summed E-state index contributed by atoms with van der Waals surface area (Å²) in [6, 6.07) is 18.2. The lowest BCUT2D eigenvalue weighted by Gasteiger charge is -2.34. The number of ether oxygens (including phenoxy) is 1. The highest BCUT2D eigenvalue weighted by molar-refractivity contribution is 5.50. The molecule has 23 heavy (non-hydrogen) atoms. The molecular weight excluding hydrogens is 288 g/mol. The third kappa shape index (κ3) is 4.03. The summed E-state index contributed by atoms with van der Waals surface area (Å²) in [6.07, 6.45) is -0.380. The topological polar surface area (TPSA) is 37.1 Å². The van der Waals surface area contributed by atoms with Crippen molar-refractivity contribution >= 4 is 5.69 Å². The Morgan fingerprint density at radius 3 is 2.52 bits per heavy atom. The lowest BCUT2D eigenvalue weighted by Crippen LogP contribution is -3.15. The maximum atomic E-state index is 10.4. The quantitative estimate of drug-likeness (QED) is 0.869. The second-order valence-corrected chi connectivity index (χ2v) is 6.07. The lowest BCUT2D eigenvalue weighted by atomic mass is 10.1. The Morgan fingerprint density at radius 1 is 1.09 bits per heavy atom. The van der Waals surface area contributed by atoms with Crippen LogP contribution in [0.25, 0.3) is 0 Å². The van der Waals surface area contributed by atoms with Crippen molar-refractivity contribution in [2.45, 2.75) is 6.10 Å². The highest BCUT2D eigenvalue weighted by Crippen LogP contribution is 2.20. The predicted octanol–water partition coefficient (Wildman–Crippen LogP) is 1.13. The van der Waals surface area contributed by atoms with Gasteiger partial charge >= 0.3 is 0 Å². The average molecular weight is 313 g/mol. The Labute approximate surface area is 137 Å². The van der Waals surface area contributed by atoms with Crippen LogP contribution < -0.4 is 14.5 Å². The summed E-state index contributed by atoms with van der Waals surface area (Å²) in [5, 5.41) is 10.4. The Kier molecular flexibility index (Phi) is 5.16. The first kappa shape index (κ1) is 15.8. The predicted molar refractivity (Wildman–Crippen MR) is 92.2 cm³/mol. The molecule has 1 heterocycles. The first-order chi connectivity index (χ1) is 11.3. The van der Waals surface area contributed by atoms with Gasteiger partial charge < -0.3 is 19.6 Å². The number of aliphatic hydroxyl groups is 1. The molecule has 4 nitrogen and oxygen atoms in total. The molecule has 2 aromatic rings. The maximum Gasteiger partial charge on any atom is 0.128 e. The lowest BCUT2D eigenvalue weighted by molar-refractivity contribution is -0.904. The summed E-state index contributed by atoms with van der Waals surface area (Å²) in [5.41, 5.74) is 2.22. The summed E-state index contributed by atoms with van der Waals surface area (Å²) < 4.78 is 5.30. The Balaban J connectivity index is 1.54. The number of aliphatic hydroxyl groups excluding tert-OH is 1. The van der Waals surface area contributed by atoms with Gasteiger partial charge in [0.15, 0.2) is 0 Å². The number of hydrogen-bond acceptors (Lipinski definition) is 3. The minimum atomic E-state index is -0.380. The zero-order valence-corrected chi connectivity index (χ0v) is 13.6. The molecule has 0 bridgehead atoms. The van der Waals surface area contributed by atoms with Crippen molar-refractivity contribution in [2.75, 3.05) is 44.7 Å². The van der Waals surface area contributed by atoms with E-state index < -0.39 is 0 Å². The molecule has 122 valence electrons. The van der Waals surface area contributed by atoms with E-state index in [0.29, 0.717) is 0 Å². The molecular formula is C19H25N2O2+. The fourth-order valence-corrected chi connectivity index (χ4v) is 3.16. The molecule has 0 saturated carbocycles. The number of piperazine rings is 1. The van der Waals surface area contributed by atoms with E-state index in [1.54, 1.807) is 7.11 Å². The number of nitrogens with one attached hydrogen (secondary N) is 1. The van der Waals surface area contributed by atoms with Gasteiger partial charge in [-0.25, -0.2) is 0 Å². The van der Waals surface area contributed by atoms with E-state index in [4.69, 9.17) is 4.74 Å². The largest absolute Gasteiger partial charge is 0.497 e. The van der Waals surface area contributed by atoms with Gasteiger partial charge in [0, 0.05) is 11.8 Å². The molecule has 4 heteroatoms. The molecule has 0 aliphatic carbocycles. The van der Waals surface area contributed by atoms with Crippen LogP contribution in [-0.4, -0.2) is 44.9 Å². The van der Waals surface area contributed by atoms with Gasteiger partial charge in [-0.3, -0.25) is 0 Å². The van der Waals surface area contributed by atoms with Crippen molar-refractivity contribution in [3.05, 3.63) is 60.2 Å². The van der Waals surface area contributed by atoms with Crippen LogP contribution in [0.1, 0.15) is 11.7 Å². The molecule has 3 rings (SSSR count). The fourth-order valence-electron chi connectivity index (χ4n) is 3.16. The van der Waals surface area contributed by atoms with Gasteiger partial charge in [-0.1, -0.05) is 36.4 Å². The van der Waals surface area contributed by atoms with Crippen LogP contribution in [-0.2, 0) is 0 Å². The molecule has 1 aliphatic heterocycles. The normalized spacial score (nSPS) is 17.0. The summed E-state index contributed by atoms with van der Waals surface area (Å²) >= 11 is 0. The number of quaternary nitrogens is 1. The van der Waals surface area contributed by atoms with Crippen LogP contribution >= 0.6 is 0 Å². The summed E-state index contributed by atoms with van der Waals surface area (Å²) in [7, 11) is 1.70. The number of methoxy groups -OCH3 is 1. The van der Waals surface area contributed by atoms with E-state index in [9.17, 15) is 5.11 Å². The number of rotatable bonds is 5. The van der Waals surface area contributed by atoms with E-state index in [1.807, 2.05) is 42.5 Å². The van der Waals surface area contributed by atoms with E-state index in [0.717, 1.165) is 44.0 Å². The Hall–Kier alpha value is -2.04. The van der Waals surface area contributed by atoms with E-state index in [-0.39, 0.29) is 6.10 Å². The van der Waals surface area contributed by atoms with Crippen LogP contribution in [0, 0.1) is 0 Å². The minimum Gasteiger partial charge on any atom is -0.497 e. The molecule has 1 fully saturated rings. The fraction of sp³-hybridized carbons (Fsp3) is 0.368. The highest BCUT2D eigenvalue weighted by atomic mass is 16.5. The summed E-state index contributed by atoms with van der Waals surface area (Å²) in [5.74, 6) is 0.900. The third-order valence-corrected chi connectivity index (χ3v) is 4.56. The summed E-state index contributed by atoms with van der Waals surface area (Å²) in [4.78, 5) is 3.85. The monoisotopic (exact) mass is 313 g/mol. The van der Waals surface area contributed by atoms with E-state index >= 15 is 0 Å². The van der Waals surface area contributed by atoms with Crippen molar-refractivity contribution in [1.29, 1.82) is 0 Å². The van der Waals surface area contributed by atoms with Gasteiger partial charge in [-0.2, -0.15) is 0 Å². The first-order valence-electron chi connectivity index (χ1n) is 8.22. The Morgan fingerprint density at radius 2 is 1.83 bits per heavy atom. The second-order valence-electron chi connectivity index (χ2n) is 6.07. The van der Waals surface area contributed by atoms with Crippen LogP contribution in [0.4, 0.5) is 5.69 Å². The molecule has 1 atom stereocenters. The maximum absolute atomic E-state index is 10.4. The smallest absolute Gasteiger partial charge is 0.128 e. The van der Waals surface area contributed by atoms with Gasteiger partial charge in [0.25, 0.3) is 0 Å². The van der Waals surface area contributed by atoms with Gasteiger partial charge in [0.2, 0.25) is 0 Å². The molecule has 0 unspecified atom stereocenters. The molecule has 2 N–H and O–H groups in total. The number of benzene rings is 2. The molecule has 0 amide bonds. The van der Waals surface area contributed by atoms with E-state index in [2.05, 4.69) is 17.0 Å². The van der Waals surface area contributed by atoms with E-state index in [1.165, 1.54) is 10.6 Å². The van der Waals surface area contributed by atoms with Gasteiger partial charge in [-0.15, -0.1) is 0 Å². The molecule has 0 aromatic heterocycles. The van der Waals surface area contributed by atoms with Gasteiger partial charge in [-0.05, 0) is 17.7 Å². The van der Waals surface area contributed by atoms with Crippen molar-refractivity contribution in [1.82, 2.24) is 0 Å². The number of hydrogen-bond donors (Lipinski definition) is 2. The third-order valence-electron chi connectivity index (χ3n) is 4.56. The van der Waals surface area contributed by atoms with Crippen molar-refractivity contribution in [3.8, 4) is 5.75 Å². The first-order valence-corrected chi connectivity index (χ1v) is 8.22. The van der Waals surface area contributed by atoms with Crippen molar-refractivity contribution in [2.24, 2.45) is 0 Å².